The highest BCUT2D eigenvalue weighted by atomic mass is 16.3. The standard InChI is InChI=1S/C15H31N3O/c1-13(10-15(2,16)12-19)18-9-6-14(11-18)17-7-4-3-5-8-17/h13-14,19H,3-12,16H2,1-2H3. The van der Waals surface area contributed by atoms with Crippen LogP contribution in [0, 0.1) is 0 Å². The Kier molecular flexibility index (Phi) is 5.23. The predicted octanol–water partition coefficient (Wildman–Crippen LogP) is 1.03. The van der Waals surface area contributed by atoms with Gasteiger partial charge in [0.25, 0.3) is 0 Å². The molecule has 4 nitrogen and oxygen atoms in total. The molecule has 0 amide bonds. The summed E-state index contributed by atoms with van der Waals surface area (Å²) in [6.07, 6.45) is 6.32. The summed E-state index contributed by atoms with van der Waals surface area (Å²) in [5, 5.41) is 9.29. The van der Waals surface area contributed by atoms with Crippen molar-refractivity contribution >= 4 is 0 Å². The van der Waals surface area contributed by atoms with Crippen LogP contribution in [0.1, 0.15) is 46.0 Å². The molecule has 0 radical (unpaired) electrons. The van der Waals surface area contributed by atoms with Crippen molar-refractivity contribution in [3.8, 4) is 0 Å². The average Bonchev–Trinajstić information content (AvgIpc) is 2.89. The minimum absolute atomic E-state index is 0.0702. The van der Waals surface area contributed by atoms with Gasteiger partial charge < -0.3 is 10.8 Å². The molecule has 0 bridgehead atoms. The maximum atomic E-state index is 9.29. The van der Waals surface area contributed by atoms with E-state index in [9.17, 15) is 5.11 Å². The monoisotopic (exact) mass is 269 g/mol. The van der Waals surface area contributed by atoms with Crippen molar-refractivity contribution in [1.29, 1.82) is 0 Å². The van der Waals surface area contributed by atoms with Gasteiger partial charge in [0.15, 0.2) is 0 Å². The Morgan fingerprint density at radius 2 is 1.95 bits per heavy atom. The maximum absolute atomic E-state index is 9.29. The van der Waals surface area contributed by atoms with Crippen LogP contribution in [0.25, 0.3) is 0 Å². The molecule has 0 aromatic rings. The first-order valence-corrected chi connectivity index (χ1v) is 7.90. The summed E-state index contributed by atoms with van der Waals surface area (Å²) in [6.45, 7) is 9.21. The first kappa shape index (κ1) is 15.2. The average molecular weight is 269 g/mol. The van der Waals surface area contributed by atoms with Crippen LogP contribution in [0.15, 0.2) is 0 Å². The molecule has 0 spiro atoms. The summed E-state index contributed by atoms with van der Waals surface area (Å²) in [7, 11) is 0. The predicted molar refractivity (Wildman–Crippen MR) is 79.2 cm³/mol. The number of hydrogen-bond donors (Lipinski definition) is 2. The zero-order valence-corrected chi connectivity index (χ0v) is 12.6. The quantitative estimate of drug-likeness (QED) is 0.783. The summed E-state index contributed by atoms with van der Waals surface area (Å²) in [5.74, 6) is 0. The number of rotatable bonds is 5. The van der Waals surface area contributed by atoms with Crippen LogP contribution >= 0.6 is 0 Å². The first-order chi connectivity index (χ1) is 9.02. The number of hydrogen-bond acceptors (Lipinski definition) is 4. The van der Waals surface area contributed by atoms with Crippen molar-refractivity contribution in [2.75, 3.05) is 32.8 Å². The minimum atomic E-state index is -0.442. The largest absolute Gasteiger partial charge is 0.394 e. The maximum Gasteiger partial charge on any atom is 0.0609 e. The van der Waals surface area contributed by atoms with Crippen LogP contribution in [0.2, 0.25) is 0 Å². The van der Waals surface area contributed by atoms with Crippen LogP contribution in [0.5, 0.6) is 0 Å². The van der Waals surface area contributed by atoms with Gasteiger partial charge in [-0.15, -0.1) is 0 Å². The Morgan fingerprint density at radius 1 is 1.26 bits per heavy atom. The number of nitrogens with zero attached hydrogens (tertiary/aromatic N) is 2. The lowest BCUT2D eigenvalue weighted by Crippen LogP contribution is -2.47. The van der Waals surface area contributed by atoms with Gasteiger partial charge in [-0.25, -0.2) is 0 Å². The van der Waals surface area contributed by atoms with E-state index in [1.54, 1.807) is 0 Å². The van der Waals surface area contributed by atoms with Gasteiger partial charge in [-0.05, 0) is 52.6 Å². The summed E-state index contributed by atoms with van der Waals surface area (Å²) >= 11 is 0. The lowest BCUT2D eigenvalue weighted by molar-refractivity contribution is 0.132. The van der Waals surface area contributed by atoms with Gasteiger partial charge in [0.05, 0.1) is 6.61 Å². The second-order valence-corrected chi connectivity index (χ2v) is 6.90. The fourth-order valence-corrected chi connectivity index (χ4v) is 3.62. The van der Waals surface area contributed by atoms with Gasteiger partial charge in [0.1, 0.15) is 0 Å². The second-order valence-electron chi connectivity index (χ2n) is 6.90. The molecule has 0 aromatic heterocycles. The molecule has 0 aromatic carbocycles. The molecule has 0 saturated carbocycles. The summed E-state index contributed by atoms with van der Waals surface area (Å²) in [5.41, 5.74) is 5.63. The Morgan fingerprint density at radius 3 is 2.58 bits per heavy atom. The highest BCUT2D eigenvalue weighted by Crippen LogP contribution is 2.24. The fourth-order valence-electron chi connectivity index (χ4n) is 3.62. The SMILES string of the molecule is CC(CC(C)(N)CO)N1CCC(N2CCCCC2)C1. The first-order valence-electron chi connectivity index (χ1n) is 7.90. The highest BCUT2D eigenvalue weighted by molar-refractivity contribution is 4.90. The smallest absolute Gasteiger partial charge is 0.0609 e. The third-order valence-electron chi connectivity index (χ3n) is 4.85. The third kappa shape index (κ3) is 4.15. The molecule has 3 unspecified atom stereocenters. The van der Waals surface area contributed by atoms with Crippen molar-refractivity contribution in [1.82, 2.24) is 9.80 Å². The van der Waals surface area contributed by atoms with E-state index in [1.807, 2.05) is 6.92 Å². The molecular weight excluding hydrogens is 238 g/mol. The van der Waals surface area contributed by atoms with E-state index in [1.165, 1.54) is 51.9 Å². The van der Waals surface area contributed by atoms with E-state index >= 15 is 0 Å². The van der Waals surface area contributed by atoms with Gasteiger partial charge in [0, 0.05) is 30.7 Å². The minimum Gasteiger partial charge on any atom is -0.394 e. The zero-order valence-electron chi connectivity index (χ0n) is 12.6. The molecule has 19 heavy (non-hydrogen) atoms. The molecule has 2 saturated heterocycles. The molecule has 0 aliphatic carbocycles. The number of aliphatic hydroxyl groups excluding tert-OH is 1. The van der Waals surface area contributed by atoms with Gasteiger partial charge in [-0.3, -0.25) is 9.80 Å². The van der Waals surface area contributed by atoms with Crippen molar-refractivity contribution in [3.63, 3.8) is 0 Å². The lowest BCUT2D eigenvalue weighted by Gasteiger charge is -2.34. The number of aliphatic hydroxyl groups is 1. The Balaban J connectivity index is 1.80. The van der Waals surface area contributed by atoms with Gasteiger partial charge in [-0.2, -0.15) is 0 Å². The van der Waals surface area contributed by atoms with Crippen LogP contribution in [0.3, 0.4) is 0 Å². The molecule has 2 fully saturated rings. The molecule has 3 atom stereocenters. The topological polar surface area (TPSA) is 52.7 Å². The second kappa shape index (κ2) is 6.53. The number of piperidine rings is 1. The molecular formula is C15H31N3O. The summed E-state index contributed by atoms with van der Waals surface area (Å²) in [4.78, 5) is 5.24. The van der Waals surface area contributed by atoms with E-state index in [-0.39, 0.29) is 6.61 Å². The number of likely N-dealkylation sites (tertiary alicyclic amines) is 2. The fraction of sp³-hybridized carbons (Fsp3) is 1.00. The molecule has 4 heteroatoms. The van der Waals surface area contributed by atoms with Crippen LogP contribution < -0.4 is 5.73 Å². The van der Waals surface area contributed by atoms with Crippen molar-refractivity contribution in [3.05, 3.63) is 0 Å². The van der Waals surface area contributed by atoms with Gasteiger partial charge in [-0.1, -0.05) is 6.42 Å². The van der Waals surface area contributed by atoms with Crippen LogP contribution in [0.4, 0.5) is 0 Å². The van der Waals surface area contributed by atoms with E-state index in [2.05, 4.69) is 16.7 Å². The summed E-state index contributed by atoms with van der Waals surface area (Å²) < 4.78 is 0. The third-order valence-corrected chi connectivity index (χ3v) is 4.85. The Bertz CT molecular complexity index is 277. The molecule has 3 N–H and O–H groups in total. The molecule has 112 valence electrons. The highest BCUT2D eigenvalue weighted by Gasteiger charge is 2.32. The molecule has 2 aliphatic heterocycles. The van der Waals surface area contributed by atoms with E-state index in [0.717, 1.165) is 12.5 Å². The zero-order chi connectivity index (χ0) is 13.9. The van der Waals surface area contributed by atoms with Crippen molar-refractivity contribution in [2.24, 2.45) is 5.73 Å². The Hall–Kier alpha value is -0.160. The molecule has 2 aliphatic rings. The van der Waals surface area contributed by atoms with Gasteiger partial charge >= 0.3 is 0 Å². The lowest BCUT2D eigenvalue weighted by atomic mass is 9.95. The van der Waals surface area contributed by atoms with Crippen molar-refractivity contribution in [2.45, 2.75) is 63.6 Å². The van der Waals surface area contributed by atoms with E-state index < -0.39 is 5.54 Å². The summed E-state index contributed by atoms with van der Waals surface area (Å²) in [6, 6.07) is 1.22. The van der Waals surface area contributed by atoms with Gasteiger partial charge in [0.2, 0.25) is 0 Å². The van der Waals surface area contributed by atoms with Crippen LogP contribution in [-0.2, 0) is 0 Å². The Labute approximate surface area is 117 Å². The van der Waals surface area contributed by atoms with Crippen molar-refractivity contribution < 1.29 is 5.11 Å². The van der Waals surface area contributed by atoms with E-state index in [4.69, 9.17) is 5.73 Å². The van der Waals surface area contributed by atoms with E-state index in [0.29, 0.717) is 6.04 Å². The number of nitrogens with two attached hydrogens (primary N) is 1. The molecule has 2 heterocycles. The van der Waals surface area contributed by atoms with Crippen LogP contribution in [-0.4, -0.2) is 65.3 Å². The molecule has 2 rings (SSSR count). The normalized spacial score (nSPS) is 31.3.